The van der Waals surface area contributed by atoms with Gasteiger partial charge in [-0.3, -0.25) is 0 Å². The lowest BCUT2D eigenvalue weighted by molar-refractivity contribution is 0.0526. The Morgan fingerprint density at radius 2 is 1.93 bits per heavy atom. The van der Waals surface area contributed by atoms with Crippen LogP contribution in [0.25, 0.3) is 0 Å². The van der Waals surface area contributed by atoms with E-state index in [0.717, 1.165) is 0 Å². The third kappa shape index (κ3) is 2.45. The number of aliphatic hydroxyl groups excluding tert-OH is 2. The second kappa shape index (κ2) is 4.77. The highest BCUT2D eigenvalue weighted by Gasteiger charge is 2.20. The average molecular weight is 223 g/mol. The predicted octanol–water partition coefficient (Wildman–Crippen LogP) is 1.13. The standard InChI is InChI=1S/C10H7ClN2O2/c11-7-1-2-8(6(3-7)4-12)10(15)9(14)5-13/h1-3,9-10,14-15H. The van der Waals surface area contributed by atoms with Crippen molar-refractivity contribution < 1.29 is 10.2 Å². The van der Waals surface area contributed by atoms with Crippen LogP contribution >= 0.6 is 11.6 Å². The molecule has 1 aromatic carbocycles. The van der Waals surface area contributed by atoms with Crippen LogP contribution in [0.2, 0.25) is 5.02 Å². The minimum atomic E-state index is -1.56. The zero-order valence-corrected chi connectivity index (χ0v) is 8.31. The third-order valence-electron chi connectivity index (χ3n) is 1.89. The second-order valence-corrected chi connectivity index (χ2v) is 3.30. The number of nitriles is 2. The van der Waals surface area contributed by atoms with Gasteiger partial charge in [0.2, 0.25) is 0 Å². The maximum Gasteiger partial charge on any atom is 0.170 e. The van der Waals surface area contributed by atoms with E-state index in [4.69, 9.17) is 27.2 Å². The summed E-state index contributed by atoms with van der Waals surface area (Å²) in [6.07, 6.45) is -2.96. The van der Waals surface area contributed by atoms with Crippen LogP contribution in [-0.4, -0.2) is 16.3 Å². The van der Waals surface area contributed by atoms with E-state index < -0.39 is 12.2 Å². The summed E-state index contributed by atoms with van der Waals surface area (Å²) in [5.41, 5.74) is 0.334. The van der Waals surface area contributed by atoms with Crippen LogP contribution in [-0.2, 0) is 0 Å². The highest BCUT2D eigenvalue weighted by molar-refractivity contribution is 6.30. The predicted molar refractivity (Wildman–Crippen MR) is 52.7 cm³/mol. The summed E-state index contributed by atoms with van der Waals surface area (Å²) in [7, 11) is 0. The van der Waals surface area contributed by atoms with Crippen molar-refractivity contribution >= 4 is 11.6 Å². The van der Waals surface area contributed by atoms with Gasteiger partial charge < -0.3 is 10.2 Å². The Bertz CT molecular complexity index is 448. The summed E-state index contributed by atoms with van der Waals surface area (Å²) in [4.78, 5) is 0. The van der Waals surface area contributed by atoms with Crippen LogP contribution in [0.1, 0.15) is 17.2 Å². The van der Waals surface area contributed by atoms with Crippen molar-refractivity contribution in [2.45, 2.75) is 12.2 Å². The van der Waals surface area contributed by atoms with Gasteiger partial charge in [-0.05, 0) is 12.1 Å². The molecule has 1 aromatic rings. The van der Waals surface area contributed by atoms with Gasteiger partial charge in [0.15, 0.2) is 6.10 Å². The van der Waals surface area contributed by atoms with Crippen molar-refractivity contribution in [3.05, 3.63) is 34.3 Å². The molecule has 4 nitrogen and oxygen atoms in total. The quantitative estimate of drug-likeness (QED) is 0.735. The number of halogens is 1. The molecule has 0 saturated carbocycles. The second-order valence-electron chi connectivity index (χ2n) is 2.86. The molecule has 0 spiro atoms. The Balaban J connectivity index is 3.16. The maximum atomic E-state index is 9.53. The molecule has 2 atom stereocenters. The molecule has 76 valence electrons. The number of hydrogen-bond donors (Lipinski definition) is 2. The van der Waals surface area contributed by atoms with Gasteiger partial charge in [-0.1, -0.05) is 17.7 Å². The van der Waals surface area contributed by atoms with Gasteiger partial charge >= 0.3 is 0 Å². The average Bonchev–Trinajstić information content (AvgIpc) is 2.26. The summed E-state index contributed by atoms with van der Waals surface area (Å²) in [5, 5.41) is 36.2. The van der Waals surface area contributed by atoms with E-state index in [1.54, 1.807) is 0 Å². The van der Waals surface area contributed by atoms with Crippen LogP contribution in [0.3, 0.4) is 0 Å². The number of benzene rings is 1. The molecule has 2 N–H and O–H groups in total. The monoisotopic (exact) mass is 222 g/mol. The van der Waals surface area contributed by atoms with Crippen molar-refractivity contribution in [1.82, 2.24) is 0 Å². The highest BCUT2D eigenvalue weighted by atomic mass is 35.5. The molecule has 0 aliphatic rings. The van der Waals surface area contributed by atoms with Crippen LogP contribution in [0.15, 0.2) is 18.2 Å². The van der Waals surface area contributed by atoms with E-state index in [-0.39, 0.29) is 11.1 Å². The van der Waals surface area contributed by atoms with Gasteiger partial charge in [0, 0.05) is 10.6 Å². The number of hydrogen-bond acceptors (Lipinski definition) is 4. The van der Waals surface area contributed by atoms with Gasteiger partial charge in [-0.25, -0.2) is 0 Å². The van der Waals surface area contributed by atoms with Crippen molar-refractivity contribution in [2.75, 3.05) is 0 Å². The first kappa shape index (κ1) is 11.5. The molecule has 0 radical (unpaired) electrons. The maximum absolute atomic E-state index is 9.53. The molecule has 1 rings (SSSR count). The molecule has 0 aromatic heterocycles. The van der Waals surface area contributed by atoms with Crippen molar-refractivity contribution in [3.63, 3.8) is 0 Å². The van der Waals surface area contributed by atoms with Gasteiger partial charge in [-0.2, -0.15) is 10.5 Å². The Morgan fingerprint density at radius 3 is 2.47 bits per heavy atom. The summed E-state index contributed by atoms with van der Waals surface area (Å²) >= 11 is 5.65. The molecule has 0 aliphatic carbocycles. The lowest BCUT2D eigenvalue weighted by atomic mass is 10.00. The summed E-state index contributed by atoms with van der Waals surface area (Å²) in [6.45, 7) is 0. The van der Waals surface area contributed by atoms with E-state index in [9.17, 15) is 5.11 Å². The molecule has 0 bridgehead atoms. The summed E-state index contributed by atoms with van der Waals surface area (Å²) < 4.78 is 0. The van der Waals surface area contributed by atoms with E-state index in [1.807, 2.05) is 6.07 Å². The Labute approximate surface area is 91.6 Å². The van der Waals surface area contributed by atoms with Gasteiger partial charge in [0.05, 0.1) is 17.7 Å². The van der Waals surface area contributed by atoms with Crippen LogP contribution in [0.5, 0.6) is 0 Å². The Morgan fingerprint density at radius 1 is 1.27 bits per heavy atom. The topological polar surface area (TPSA) is 88.0 Å². The van der Waals surface area contributed by atoms with E-state index in [0.29, 0.717) is 5.02 Å². The Hall–Kier alpha value is -1.59. The van der Waals surface area contributed by atoms with Crippen molar-refractivity contribution in [2.24, 2.45) is 0 Å². The van der Waals surface area contributed by atoms with Crippen molar-refractivity contribution in [3.8, 4) is 12.1 Å². The first-order valence-corrected chi connectivity index (χ1v) is 4.43. The summed E-state index contributed by atoms with van der Waals surface area (Å²) in [5.74, 6) is 0. The molecular formula is C10H7ClN2O2. The highest BCUT2D eigenvalue weighted by Crippen LogP contribution is 2.23. The van der Waals surface area contributed by atoms with E-state index in [2.05, 4.69) is 0 Å². The zero-order valence-electron chi connectivity index (χ0n) is 7.55. The zero-order chi connectivity index (χ0) is 11.4. The fourth-order valence-electron chi connectivity index (χ4n) is 1.12. The normalized spacial score (nSPS) is 13.7. The molecule has 2 unspecified atom stereocenters. The smallest absolute Gasteiger partial charge is 0.170 e. The van der Waals surface area contributed by atoms with Crippen LogP contribution in [0.4, 0.5) is 0 Å². The lowest BCUT2D eigenvalue weighted by Crippen LogP contribution is -2.16. The van der Waals surface area contributed by atoms with Gasteiger partial charge in [0.1, 0.15) is 6.10 Å². The fourth-order valence-corrected chi connectivity index (χ4v) is 1.30. The third-order valence-corrected chi connectivity index (χ3v) is 2.12. The van der Waals surface area contributed by atoms with Crippen molar-refractivity contribution in [1.29, 1.82) is 10.5 Å². The first-order valence-electron chi connectivity index (χ1n) is 4.05. The molecule has 0 heterocycles. The minimum absolute atomic E-state index is 0.143. The molecule has 0 saturated heterocycles. The summed E-state index contributed by atoms with van der Waals surface area (Å²) in [6, 6.07) is 7.57. The van der Waals surface area contributed by atoms with Gasteiger partial charge in [-0.15, -0.1) is 0 Å². The lowest BCUT2D eigenvalue weighted by Gasteiger charge is -2.13. The minimum Gasteiger partial charge on any atom is -0.385 e. The number of nitrogens with zero attached hydrogens (tertiary/aromatic N) is 2. The van der Waals surface area contributed by atoms with E-state index >= 15 is 0 Å². The molecule has 15 heavy (non-hydrogen) atoms. The van der Waals surface area contributed by atoms with Crippen LogP contribution < -0.4 is 0 Å². The molecule has 0 amide bonds. The molecule has 0 fully saturated rings. The SMILES string of the molecule is N#Cc1cc(Cl)ccc1C(O)C(O)C#N. The van der Waals surface area contributed by atoms with E-state index in [1.165, 1.54) is 24.3 Å². The molecule has 5 heteroatoms. The Kier molecular flexibility index (Phi) is 3.65. The number of rotatable bonds is 2. The van der Waals surface area contributed by atoms with Gasteiger partial charge in [0.25, 0.3) is 0 Å². The first-order chi connectivity index (χ1) is 7.10. The van der Waals surface area contributed by atoms with Crippen LogP contribution in [0, 0.1) is 22.7 Å². The fraction of sp³-hybridized carbons (Fsp3) is 0.200. The molecular weight excluding hydrogens is 216 g/mol. The largest absolute Gasteiger partial charge is 0.385 e. The molecule has 0 aliphatic heterocycles. The number of aliphatic hydroxyl groups is 2.